The summed E-state index contributed by atoms with van der Waals surface area (Å²) in [7, 11) is -1.44. The molecular weight excluding hydrogens is 282 g/mol. The zero-order valence-electron chi connectivity index (χ0n) is 11.9. The monoisotopic (exact) mass is 303 g/mol. The van der Waals surface area contributed by atoms with Crippen LogP contribution in [-0.2, 0) is 19.6 Å². The molecule has 0 aromatic heterocycles. The fourth-order valence-corrected chi connectivity index (χ4v) is 3.48. The van der Waals surface area contributed by atoms with E-state index in [2.05, 4.69) is 0 Å². The molecule has 0 saturated carbocycles. The topological polar surface area (TPSA) is 78.0 Å². The lowest BCUT2D eigenvalue weighted by Crippen LogP contribution is -2.53. The molecule has 114 valence electrons. The maximum atomic E-state index is 12.3. The standard InChI is InChI=1S/C12H21N3O4S/c1-13-4-3-10(9-11(13)16)12(17)14-5-7-15(8-6-14)20(2,18)19/h10H,3-9H2,1-2H3. The molecule has 2 fully saturated rings. The molecule has 8 heteroatoms. The Labute approximate surface area is 119 Å². The lowest BCUT2D eigenvalue weighted by atomic mass is 9.95. The summed E-state index contributed by atoms with van der Waals surface area (Å²) in [5.74, 6) is -0.257. The quantitative estimate of drug-likeness (QED) is 0.653. The second kappa shape index (κ2) is 5.69. The highest BCUT2D eigenvalue weighted by Gasteiger charge is 2.33. The van der Waals surface area contributed by atoms with Gasteiger partial charge in [0.2, 0.25) is 21.8 Å². The number of hydrogen-bond donors (Lipinski definition) is 0. The molecule has 0 aromatic carbocycles. The van der Waals surface area contributed by atoms with E-state index in [9.17, 15) is 18.0 Å². The fourth-order valence-electron chi connectivity index (χ4n) is 2.65. The maximum Gasteiger partial charge on any atom is 0.226 e. The number of nitrogens with zero attached hydrogens (tertiary/aromatic N) is 3. The Kier molecular flexibility index (Phi) is 4.33. The molecule has 2 rings (SSSR count). The third-order valence-corrected chi connectivity index (χ3v) is 5.33. The molecule has 2 aliphatic heterocycles. The number of hydrogen-bond acceptors (Lipinski definition) is 4. The van der Waals surface area contributed by atoms with Crippen molar-refractivity contribution in [2.24, 2.45) is 5.92 Å². The van der Waals surface area contributed by atoms with Crippen molar-refractivity contribution in [1.29, 1.82) is 0 Å². The molecule has 1 atom stereocenters. The van der Waals surface area contributed by atoms with E-state index in [1.165, 1.54) is 10.6 Å². The average Bonchev–Trinajstić information content (AvgIpc) is 2.40. The third kappa shape index (κ3) is 3.29. The van der Waals surface area contributed by atoms with Crippen LogP contribution in [0.25, 0.3) is 0 Å². The lowest BCUT2D eigenvalue weighted by Gasteiger charge is -2.37. The number of carbonyl (C=O) groups excluding carboxylic acids is 2. The van der Waals surface area contributed by atoms with Gasteiger partial charge in [0, 0.05) is 52.1 Å². The highest BCUT2D eigenvalue weighted by atomic mass is 32.2. The highest BCUT2D eigenvalue weighted by molar-refractivity contribution is 7.88. The van der Waals surface area contributed by atoms with Crippen LogP contribution in [-0.4, -0.2) is 80.4 Å². The van der Waals surface area contributed by atoms with Gasteiger partial charge in [-0.2, -0.15) is 4.31 Å². The van der Waals surface area contributed by atoms with Gasteiger partial charge < -0.3 is 9.80 Å². The molecule has 2 aliphatic rings. The lowest BCUT2D eigenvalue weighted by molar-refractivity contribution is -0.145. The summed E-state index contributed by atoms with van der Waals surface area (Å²) in [4.78, 5) is 27.3. The molecule has 20 heavy (non-hydrogen) atoms. The van der Waals surface area contributed by atoms with Crippen molar-refractivity contribution in [3.8, 4) is 0 Å². The third-order valence-electron chi connectivity index (χ3n) is 4.03. The number of carbonyl (C=O) groups is 2. The minimum absolute atomic E-state index is 0.00405. The normalized spacial score (nSPS) is 25.9. The Morgan fingerprint density at radius 3 is 2.25 bits per heavy atom. The van der Waals surface area contributed by atoms with E-state index in [-0.39, 0.29) is 24.2 Å². The molecule has 0 aliphatic carbocycles. The van der Waals surface area contributed by atoms with E-state index < -0.39 is 10.0 Å². The molecule has 0 aromatic rings. The first kappa shape index (κ1) is 15.2. The average molecular weight is 303 g/mol. The summed E-state index contributed by atoms with van der Waals surface area (Å²) in [5, 5.41) is 0. The Morgan fingerprint density at radius 2 is 1.75 bits per heavy atom. The summed E-state index contributed by atoms with van der Waals surface area (Å²) in [6.07, 6.45) is 2.13. The van der Waals surface area contributed by atoms with Crippen LogP contribution in [0.4, 0.5) is 0 Å². The van der Waals surface area contributed by atoms with E-state index in [1.54, 1.807) is 16.8 Å². The summed E-state index contributed by atoms with van der Waals surface area (Å²) in [6, 6.07) is 0. The first-order chi connectivity index (χ1) is 9.29. The van der Waals surface area contributed by atoms with Crippen LogP contribution < -0.4 is 0 Å². The Bertz CT molecular complexity index is 497. The van der Waals surface area contributed by atoms with E-state index in [0.717, 1.165) is 0 Å². The smallest absolute Gasteiger partial charge is 0.226 e. The van der Waals surface area contributed by atoms with Crippen LogP contribution in [0, 0.1) is 5.92 Å². The molecule has 0 N–H and O–H groups in total. The van der Waals surface area contributed by atoms with E-state index in [0.29, 0.717) is 39.1 Å². The predicted octanol–water partition coefficient (Wildman–Crippen LogP) is -1.04. The van der Waals surface area contributed by atoms with Crippen molar-refractivity contribution in [2.45, 2.75) is 12.8 Å². The van der Waals surface area contributed by atoms with E-state index in [4.69, 9.17) is 0 Å². The summed E-state index contributed by atoms with van der Waals surface area (Å²) in [6.45, 7) is 2.10. The summed E-state index contributed by atoms with van der Waals surface area (Å²) >= 11 is 0. The van der Waals surface area contributed by atoms with Gasteiger partial charge in [-0.25, -0.2) is 8.42 Å². The van der Waals surface area contributed by atoms with Gasteiger partial charge in [-0.3, -0.25) is 9.59 Å². The van der Waals surface area contributed by atoms with Crippen molar-refractivity contribution in [2.75, 3.05) is 46.0 Å². The van der Waals surface area contributed by atoms with E-state index in [1.807, 2.05) is 0 Å². The Hall–Kier alpha value is -1.15. The number of likely N-dealkylation sites (tertiary alicyclic amines) is 1. The van der Waals surface area contributed by atoms with Crippen molar-refractivity contribution in [3.05, 3.63) is 0 Å². The van der Waals surface area contributed by atoms with Gasteiger partial charge in [0.1, 0.15) is 0 Å². The molecule has 2 saturated heterocycles. The first-order valence-corrected chi connectivity index (χ1v) is 8.62. The Balaban J connectivity index is 1.91. The molecule has 1 unspecified atom stereocenters. The second-order valence-corrected chi connectivity index (χ2v) is 7.47. The molecule has 0 radical (unpaired) electrons. The largest absolute Gasteiger partial charge is 0.346 e. The van der Waals surface area contributed by atoms with Crippen molar-refractivity contribution in [3.63, 3.8) is 0 Å². The molecule has 2 heterocycles. The number of amides is 2. The molecule has 0 bridgehead atoms. The zero-order chi connectivity index (χ0) is 14.9. The summed E-state index contributed by atoms with van der Waals surface area (Å²) in [5.41, 5.74) is 0. The van der Waals surface area contributed by atoms with Gasteiger partial charge in [0.25, 0.3) is 0 Å². The molecular formula is C12H21N3O4S. The zero-order valence-corrected chi connectivity index (χ0v) is 12.7. The van der Waals surface area contributed by atoms with Crippen LogP contribution >= 0.6 is 0 Å². The van der Waals surface area contributed by atoms with Crippen molar-refractivity contribution < 1.29 is 18.0 Å². The number of sulfonamides is 1. The van der Waals surface area contributed by atoms with Gasteiger partial charge in [-0.1, -0.05) is 0 Å². The molecule has 2 amide bonds. The molecule has 0 spiro atoms. The molecule has 7 nitrogen and oxygen atoms in total. The van der Waals surface area contributed by atoms with Crippen LogP contribution in [0.3, 0.4) is 0 Å². The van der Waals surface area contributed by atoms with Gasteiger partial charge in [-0.15, -0.1) is 0 Å². The Morgan fingerprint density at radius 1 is 1.15 bits per heavy atom. The van der Waals surface area contributed by atoms with Crippen molar-refractivity contribution >= 4 is 21.8 Å². The predicted molar refractivity (Wildman–Crippen MR) is 73.4 cm³/mol. The minimum Gasteiger partial charge on any atom is -0.346 e. The van der Waals surface area contributed by atoms with Crippen LogP contribution in [0.1, 0.15) is 12.8 Å². The number of rotatable bonds is 2. The van der Waals surface area contributed by atoms with Gasteiger partial charge in [0.05, 0.1) is 6.26 Å². The SMILES string of the molecule is CN1CCC(C(=O)N2CCN(S(C)(=O)=O)CC2)CC1=O. The van der Waals surface area contributed by atoms with Gasteiger partial charge in [0.15, 0.2) is 0 Å². The number of piperidine rings is 1. The highest BCUT2D eigenvalue weighted by Crippen LogP contribution is 2.20. The summed E-state index contributed by atoms with van der Waals surface area (Å²) < 4.78 is 24.2. The van der Waals surface area contributed by atoms with Gasteiger partial charge in [-0.05, 0) is 6.42 Å². The van der Waals surface area contributed by atoms with Crippen LogP contribution in [0.15, 0.2) is 0 Å². The van der Waals surface area contributed by atoms with Crippen molar-refractivity contribution in [1.82, 2.24) is 14.1 Å². The first-order valence-electron chi connectivity index (χ1n) is 6.77. The minimum atomic E-state index is -3.18. The maximum absolute atomic E-state index is 12.3. The fraction of sp³-hybridized carbons (Fsp3) is 0.833. The number of piperazine rings is 1. The van der Waals surface area contributed by atoms with Crippen LogP contribution in [0.2, 0.25) is 0 Å². The van der Waals surface area contributed by atoms with Gasteiger partial charge >= 0.3 is 0 Å². The van der Waals surface area contributed by atoms with Crippen LogP contribution in [0.5, 0.6) is 0 Å². The van der Waals surface area contributed by atoms with E-state index >= 15 is 0 Å². The second-order valence-electron chi connectivity index (χ2n) is 5.49.